The fourth-order valence-corrected chi connectivity index (χ4v) is 3.81. The lowest BCUT2D eigenvalue weighted by atomic mass is 9.90. The maximum atomic E-state index is 11.9. The number of rotatable bonds is 4. The number of hydrogen-bond acceptors (Lipinski definition) is 4. The Hall–Kier alpha value is -1.52. The number of hydrogen-bond donors (Lipinski definition) is 1. The maximum Gasteiger partial charge on any atom is 0.327 e. The Balaban J connectivity index is 1.51. The van der Waals surface area contributed by atoms with Gasteiger partial charge in [-0.2, -0.15) is 5.10 Å². The average molecular weight is 277 g/mol. The first-order valence-corrected chi connectivity index (χ1v) is 7.49. The minimum absolute atomic E-state index is 0.157. The van der Waals surface area contributed by atoms with Crippen molar-refractivity contribution in [3.63, 3.8) is 0 Å². The van der Waals surface area contributed by atoms with E-state index >= 15 is 0 Å². The SMILES string of the molecule is Cc1nn(CC(=O)OCC2CC3CCC2C3)c(C)c1N. The molecule has 2 saturated carbocycles. The van der Waals surface area contributed by atoms with E-state index in [2.05, 4.69) is 5.10 Å². The van der Waals surface area contributed by atoms with Gasteiger partial charge in [-0.15, -0.1) is 0 Å². The molecule has 20 heavy (non-hydrogen) atoms. The summed E-state index contributed by atoms with van der Waals surface area (Å²) in [5.74, 6) is 2.05. The maximum absolute atomic E-state index is 11.9. The fraction of sp³-hybridized carbons (Fsp3) is 0.733. The predicted octanol–water partition coefficient (Wildman–Crippen LogP) is 2.06. The Morgan fingerprint density at radius 1 is 1.40 bits per heavy atom. The summed E-state index contributed by atoms with van der Waals surface area (Å²) in [6.45, 7) is 4.46. The first-order chi connectivity index (χ1) is 9.54. The van der Waals surface area contributed by atoms with Crippen molar-refractivity contribution in [2.24, 2.45) is 17.8 Å². The van der Waals surface area contributed by atoms with Crippen LogP contribution in [0.3, 0.4) is 0 Å². The molecular weight excluding hydrogens is 254 g/mol. The lowest BCUT2D eigenvalue weighted by Crippen LogP contribution is -2.22. The Kier molecular flexibility index (Phi) is 3.44. The van der Waals surface area contributed by atoms with Crippen molar-refractivity contribution in [2.45, 2.75) is 46.1 Å². The Labute approximate surface area is 119 Å². The third-order valence-corrected chi connectivity index (χ3v) is 5.06. The van der Waals surface area contributed by atoms with E-state index in [9.17, 15) is 4.79 Å². The standard InChI is InChI=1S/C15H23N3O2/c1-9-15(16)10(2)18(17-9)7-14(19)20-8-13-6-11-3-4-12(13)5-11/h11-13H,3-8,16H2,1-2H3. The van der Waals surface area contributed by atoms with E-state index in [-0.39, 0.29) is 12.5 Å². The molecule has 3 rings (SSSR count). The van der Waals surface area contributed by atoms with Crippen molar-refractivity contribution in [1.29, 1.82) is 0 Å². The summed E-state index contributed by atoms with van der Waals surface area (Å²) in [4.78, 5) is 11.9. The number of ether oxygens (including phenoxy) is 1. The first kappa shape index (κ1) is 13.5. The molecule has 0 amide bonds. The van der Waals surface area contributed by atoms with Crippen molar-refractivity contribution < 1.29 is 9.53 Å². The van der Waals surface area contributed by atoms with E-state index in [0.717, 1.165) is 23.2 Å². The second kappa shape index (κ2) is 5.11. The molecule has 3 atom stereocenters. The molecule has 5 nitrogen and oxygen atoms in total. The van der Waals surface area contributed by atoms with Gasteiger partial charge in [0.15, 0.2) is 0 Å². The van der Waals surface area contributed by atoms with E-state index in [0.29, 0.717) is 18.2 Å². The average Bonchev–Trinajstić information content (AvgIpc) is 3.09. The molecule has 2 aliphatic carbocycles. The number of aryl methyl sites for hydroxylation is 1. The van der Waals surface area contributed by atoms with E-state index in [4.69, 9.17) is 10.5 Å². The molecule has 0 spiro atoms. The van der Waals surface area contributed by atoms with Gasteiger partial charge in [0.25, 0.3) is 0 Å². The number of anilines is 1. The summed E-state index contributed by atoms with van der Waals surface area (Å²) >= 11 is 0. The monoisotopic (exact) mass is 277 g/mol. The summed E-state index contributed by atoms with van der Waals surface area (Å²) in [6.07, 6.45) is 5.28. The van der Waals surface area contributed by atoms with E-state index in [1.54, 1.807) is 4.68 Å². The number of nitrogens with zero attached hydrogens (tertiary/aromatic N) is 2. The molecule has 2 N–H and O–H groups in total. The zero-order valence-corrected chi connectivity index (χ0v) is 12.3. The summed E-state index contributed by atoms with van der Waals surface area (Å²) in [5, 5.41) is 4.26. The Morgan fingerprint density at radius 2 is 2.20 bits per heavy atom. The van der Waals surface area contributed by atoms with Crippen LogP contribution in [-0.4, -0.2) is 22.4 Å². The number of esters is 1. The zero-order valence-electron chi connectivity index (χ0n) is 12.3. The van der Waals surface area contributed by atoms with Gasteiger partial charge in [-0.3, -0.25) is 9.48 Å². The quantitative estimate of drug-likeness (QED) is 0.855. The van der Waals surface area contributed by atoms with Crippen molar-refractivity contribution >= 4 is 11.7 Å². The molecule has 0 radical (unpaired) electrons. The van der Waals surface area contributed by atoms with Crippen LogP contribution in [0.2, 0.25) is 0 Å². The molecule has 2 bridgehead atoms. The zero-order chi connectivity index (χ0) is 14.3. The molecule has 2 aliphatic rings. The van der Waals surface area contributed by atoms with Crippen molar-refractivity contribution in [3.05, 3.63) is 11.4 Å². The minimum atomic E-state index is -0.210. The van der Waals surface area contributed by atoms with Gasteiger partial charge < -0.3 is 10.5 Å². The van der Waals surface area contributed by atoms with Crippen LogP contribution in [0.5, 0.6) is 0 Å². The molecule has 2 fully saturated rings. The highest BCUT2D eigenvalue weighted by Crippen LogP contribution is 2.48. The number of aromatic nitrogens is 2. The molecular formula is C15H23N3O2. The van der Waals surface area contributed by atoms with Gasteiger partial charge in [0.2, 0.25) is 0 Å². The van der Waals surface area contributed by atoms with Crippen LogP contribution in [-0.2, 0) is 16.1 Å². The van der Waals surface area contributed by atoms with Crippen LogP contribution >= 0.6 is 0 Å². The number of carbonyl (C=O) groups is 1. The summed E-state index contributed by atoms with van der Waals surface area (Å²) in [5.41, 5.74) is 8.12. The largest absolute Gasteiger partial charge is 0.464 e. The van der Waals surface area contributed by atoms with Crippen LogP contribution < -0.4 is 5.73 Å². The molecule has 0 saturated heterocycles. The highest BCUT2D eigenvalue weighted by atomic mass is 16.5. The molecule has 0 aromatic carbocycles. The van der Waals surface area contributed by atoms with E-state index in [1.807, 2.05) is 13.8 Å². The van der Waals surface area contributed by atoms with E-state index < -0.39 is 0 Å². The van der Waals surface area contributed by atoms with Crippen LogP contribution in [0.15, 0.2) is 0 Å². The van der Waals surface area contributed by atoms with Crippen molar-refractivity contribution in [3.8, 4) is 0 Å². The number of carbonyl (C=O) groups excluding carboxylic acids is 1. The molecule has 5 heteroatoms. The topological polar surface area (TPSA) is 70.1 Å². The smallest absolute Gasteiger partial charge is 0.327 e. The van der Waals surface area contributed by atoms with Crippen LogP contribution in [0.4, 0.5) is 5.69 Å². The van der Waals surface area contributed by atoms with Gasteiger partial charge in [-0.1, -0.05) is 6.42 Å². The Morgan fingerprint density at radius 3 is 2.75 bits per heavy atom. The molecule has 1 aromatic heterocycles. The second-order valence-electron chi connectivity index (χ2n) is 6.36. The number of nitrogens with two attached hydrogens (primary N) is 1. The molecule has 110 valence electrons. The normalized spacial score (nSPS) is 28.0. The summed E-state index contributed by atoms with van der Waals surface area (Å²) < 4.78 is 7.08. The van der Waals surface area contributed by atoms with Gasteiger partial charge >= 0.3 is 5.97 Å². The van der Waals surface area contributed by atoms with Gasteiger partial charge in [0.05, 0.1) is 23.7 Å². The summed E-state index contributed by atoms with van der Waals surface area (Å²) in [6, 6.07) is 0. The van der Waals surface area contributed by atoms with Crippen LogP contribution in [0, 0.1) is 31.6 Å². The lowest BCUT2D eigenvalue weighted by molar-refractivity contribution is -0.146. The third-order valence-electron chi connectivity index (χ3n) is 5.06. The lowest BCUT2D eigenvalue weighted by Gasteiger charge is -2.21. The first-order valence-electron chi connectivity index (χ1n) is 7.49. The van der Waals surface area contributed by atoms with Crippen molar-refractivity contribution in [1.82, 2.24) is 9.78 Å². The highest BCUT2D eigenvalue weighted by molar-refractivity contribution is 5.69. The van der Waals surface area contributed by atoms with Gasteiger partial charge in [0, 0.05) is 0 Å². The van der Waals surface area contributed by atoms with Gasteiger partial charge in [0.1, 0.15) is 6.54 Å². The molecule has 3 unspecified atom stereocenters. The van der Waals surface area contributed by atoms with E-state index in [1.165, 1.54) is 25.7 Å². The third kappa shape index (κ3) is 2.41. The molecule has 1 aromatic rings. The highest BCUT2D eigenvalue weighted by Gasteiger charge is 2.39. The van der Waals surface area contributed by atoms with Crippen LogP contribution in [0.1, 0.15) is 37.1 Å². The van der Waals surface area contributed by atoms with Gasteiger partial charge in [-0.05, 0) is 50.9 Å². The fourth-order valence-electron chi connectivity index (χ4n) is 3.81. The number of fused-ring (bicyclic) bond motifs is 2. The van der Waals surface area contributed by atoms with Gasteiger partial charge in [-0.25, -0.2) is 0 Å². The number of nitrogen functional groups attached to an aromatic ring is 1. The molecule has 0 aliphatic heterocycles. The summed E-state index contributed by atoms with van der Waals surface area (Å²) in [7, 11) is 0. The minimum Gasteiger partial charge on any atom is -0.464 e. The van der Waals surface area contributed by atoms with Crippen molar-refractivity contribution in [2.75, 3.05) is 12.3 Å². The Bertz CT molecular complexity index is 523. The molecule has 1 heterocycles. The second-order valence-corrected chi connectivity index (χ2v) is 6.36. The van der Waals surface area contributed by atoms with Crippen LogP contribution in [0.25, 0.3) is 0 Å². The predicted molar refractivity (Wildman–Crippen MR) is 76.0 cm³/mol.